The van der Waals surface area contributed by atoms with Gasteiger partial charge in [-0.25, -0.2) is 13.1 Å². The first-order valence-electron chi connectivity index (χ1n) is 6.58. The van der Waals surface area contributed by atoms with Crippen molar-refractivity contribution >= 4 is 31.9 Å². The molecule has 0 spiro atoms. The number of likely N-dealkylation sites (tertiary alicyclic amines) is 1. The smallest absolute Gasteiger partial charge is 0.253 e. The van der Waals surface area contributed by atoms with Gasteiger partial charge >= 0.3 is 0 Å². The SMILES string of the molecule is C=CS(=O)(=O)NCC1CCN(C(=O)c2cccc(Br)c2)C1. The Labute approximate surface area is 133 Å². The molecule has 1 heterocycles. The van der Waals surface area contributed by atoms with Crippen LogP contribution in [0, 0.1) is 5.92 Å². The Morgan fingerprint density at radius 1 is 1.52 bits per heavy atom. The molecule has 0 aromatic heterocycles. The number of halogens is 1. The molecule has 7 heteroatoms. The van der Waals surface area contributed by atoms with Gasteiger partial charge in [0.05, 0.1) is 0 Å². The van der Waals surface area contributed by atoms with Crippen LogP contribution in [0.5, 0.6) is 0 Å². The van der Waals surface area contributed by atoms with Crippen LogP contribution in [-0.2, 0) is 10.0 Å². The van der Waals surface area contributed by atoms with Crippen molar-refractivity contribution in [3.8, 4) is 0 Å². The molecule has 1 aromatic carbocycles. The zero-order chi connectivity index (χ0) is 15.5. The van der Waals surface area contributed by atoms with Crippen LogP contribution in [0.2, 0.25) is 0 Å². The molecule has 0 aliphatic carbocycles. The number of nitrogens with zero attached hydrogens (tertiary/aromatic N) is 1. The van der Waals surface area contributed by atoms with Crippen LogP contribution >= 0.6 is 15.9 Å². The molecular weight excluding hydrogens is 356 g/mol. The molecular formula is C14H17BrN2O3S. The first kappa shape index (κ1) is 16.2. The van der Waals surface area contributed by atoms with Crippen LogP contribution in [0.25, 0.3) is 0 Å². The zero-order valence-corrected chi connectivity index (χ0v) is 13.9. The molecule has 1 fully saturated rings. The average molecular weight is 373 g/mol. The summed E-state index contributed by atoms with van der Waals surface area (Å²) in [5.41, 5.74) is 0.636. The molecule has 1 atom stereocenters. The second-order valence-electron chi connectivity index (χ2n) is 4.98. The second-order valence-corrected chi connectivity index (χ2v) is 7.60. The Kier molecular flexibility index (Phi) is 5.18. The highest BCUT2D eigenvalue weighted by Crippen LogP contribution is 2.20. The van der Waals surface area contributed by atoms with Crippen LogP contribution in [0.3, 0.4) is 0 Å². The molecule has 1 aliphatic heterocycles. The number of rotatable bonds is 5. The molecule has 1 aliphatic rings. The minimum absolute atomic E-state index is 0.0228. The molecule has 5 nitrogen and oxygen atoms in total. The van der Waals surface area contributed by atoms with E-state index in [1.54, 1.807) is 17.0 Å². The molecule has 0 bridgehead atoms. The number of hydrogen-bond acceptors (Lipinski definition) is 3. The minimum atomic E-state index is -3.40. The van der Waals surface area contributed by atoms with Gasteiger partial charge in [0.15, 0.2) is 0 Å². The highest BCUT2D eigenvalue weighted by atomic mass is 79.9. The van der Waals surface area contributed by atoms with E-state index in [1.165, 1.54) is 0 Å². The molecule has 114 valence electrons. The monoisotopic (exact) mass is 372 g/mol. The Morgan fingerprint density at radius 2 is 2.29 bits per heavy atom. The predicted octanol–water partition coefficient (Wildman–Crippen LogP) is 1.97. The highest BCUT2D eigenvalue weighted by molar-refractivity contribution is 9.10. The van der Waals surface area contributed by atoms with Gasteiger partial charge in [-0.2, -0.15) is 0 Å². The lowest BCUT2D eigenvalue weighted by Crippen LogP contribution is -2.32. The molecule has 21 heavy (non-hydrogen) atoms. The van der Waals surface area contributed by atoms with E-state index < -0.39 is 10.0 Å². The van der Waals surface area contributed by atoms with E-state index in [0.717, 1.165) is 16.3 Å². The maximum absolute atomic E-state index is 12.4. The number of carbonyl (C=O) groups is 1. The Morgan fingerprint density at radius 3 is 2.95 bits per heavy atom. The summed E-state index contributed by atoms with van der Waals surface area (Å²) in [6, 6.07) is 7.26. The van der Waals surface area contributed by atoms with E-state index in [2.05, 4.69) is 27.2 Å². The second kappa shape index (κ2) is 6.72. The molecule has 1 saturated heterocycles. The van der Waals surface area contributed by atoms with Gasteiger partial charge in [-0.1, -0.05) is 28.6 Å². The summed E-state index contributed by atoms with van der Waals surface area (Å²) in [5.74, 6) is 0.112. The van der Waals surface area contributed by atoms with E-state index in [4.69, 9.17) is 0 Å². The molecule has 1 aromatic rings. The van der Waals surface area contributed by atoms with Crippen molar-refractivity contribution in [2.24, 2.45) is 5.92 Å². The molecule has 2 rings (SSSR count). The number of benzene rings is 1. The van der Waals surface area contributed by atoms with Crippen molar-refractivity contribution in [2.45, 2.75) is 6.42 Å². The number of nitrogens with one attached hydrogen (secondary N) is 1. The first-order chi connectivity index (χ1) is 9.91. The highest BCUT2D eigenvalue weighted by Gasteiger charge is 2.27. The van der Waals surface area contributed by atoms with Crippen LogP contribution in [0.1, 0.15) is 16.8 Å². The largest absolute Gasteiger partial charge is 0.338 e. The molecule has 1 amide bonds. The van der Waals surface area contributed by atoms with Gasteiger partial charge in [-0.05, 0) is 30.5 Å². The van der Waals surface area contributed by atoms with Crippen molar-refractivity contribution in [3.63, 3.8) is 0 Å². The van der Waals surface area contributed by atoms with Crippen molar-refractivity contribution in [1.82, 2.24) is 9.62 Å². The third-order valence-electron chi connectivity index (χ3n) is 3.44. The van der Waals surface area contributed by atoms with Gasteiger partial charge in [-0.15, -0.1) is 0 Å². The third kappa shape index (κ3) is 4.39. The lowest BCUT2D eigenvalue weighted by atomic mass is 10.1. The summed E-state index contributed by atoms with van der Waals surface area (Å²) in [7, 11) is -3.40. The molecule has 1 N–H and O–H groups in total. The fraction of sp³-hybridized carbons (Fsp3) is 0.357. The van der Waals surface area contributed by atoms with Crippen LogP contribution in [0.4, 0.5) is 0 Å². The number of carbonyl (C=O) groups excluding carboxylic acids is 1. The Balaban J connectivity index is 1.93. The summed E-state index contributed by atoms with van der Waals surface area (Å²) >= 11 is 3.35. The third-order valence-corrected chi connectivity index (χ3v) is 4.94. The van der Waals surface area contributed by atoms with Crippen molar-refractivity contribution in [2.75, 3.05) is 19.6 Å². The molecule has 0 saturated carbocycles. The fourth-order valence-corrected chi connectivity index (χ4v) is 3.27. The van der Waals surface area contributed by atoms with Crippen LogP contribution in [-0.4, -0.2) is 38.9 Å². The standard InChI is InChI=1S/C14H17BrN2O3S/c1-2-21(19,20)16-9-11-6-7-17(10-11)14(18)12-4-3-5-13(15)8-12/h2-5,8,11,16H,1,6-7,9-10H2. The Bertz CT molecular complexity index is 645. The van der Waals surface area contributed by atoms with E-state index >= 15 is 0 Å². The quantitative estimate of drug-likeness (QED) is 0.858. The lowest BCUT2D eigenvalue weighted by Gasteiger charge is -2.17. The summed E-state index contributed by atoms with van der Waals surface area (Å²) in [5, 5.41) is 0.895. The average Bonchev–Trinajstić information content (AvgIpc) is 2.93. The molecule has 0 radical (unpaired) electrons. The van der Waals surface area contributed by atoms with Gasteiger partial charge in [0.25, 0.3) is 5.91 Å². The van der Waals surface area contributed by atoms with Gasteiger partial charge in [0.2, 0.25) is 10.0 Å². The van der Waals surface area contributed by atoms with E-state index in [9.17, 15) is 13.2 Å². The van der Waals surface area contributed by atoms with Gasteiger partial charge in [0.1, 0.15) is 0 Å². The van der Waals surface area contributed by atoms with Crippen molar-refractivity contribution in [1.29, 1.82) is 0 Å². The topological polar surface area (TPSA) is 66.5 Å². The first-order valence-corrected chi connectivity index (χ1v) is 8.92. The van der Waals surface area contributed by atoms with Crippen LogP contribution in [0.15, 0.2) is 40.7 Å². The van der Waals surface area contributed by atoms with E-state index in [0.29, 0.717) is 25.2 Å². The summed E-state index contributed by atoms with van der Waals surface area (Å²) in [6.45, 7) is 4.78. The van der Waals surface area contributed by atoms with E-state index in [1.807, 2.05) is 12.1 Å². The van der Waals surface area contributed by atoms with Crippen molar-refractivity contribution in [3.05, 3.63) is 46.3 Å². The maximum Gasteiger partial charge on any atom is 0.253 e. The fourth-order valence-electron chi connectivity index (χ4n) is 2.28. The van der Waals surface area contributed by atoms with Gasteiger partial charge in [-0.3, -0.25) is 4.79 Å². The summed E-state index contributed by atoms with van der Waals surface area (Å²) < 4.78 is 26.0. The lowest BCUT2D eigenvalue weighted by molar-refractivity contribution is 0.0787. The van der Waals surface area contributed by atoms with Gasteiger partial charge in [0, 0.05) is 35.1 Å². The maximum atomic E-state index is 12.4. The summed E-state index contributed by atoms with van der Waals surface area (Å²) in [6.07, 6.45) is 0.791. The summed E-state index contributed by atoms with van der Waals surface area (Å²) in [4.78, 5) is 14.1. The number of sulfonamides is 1. The van der Waals surface area contributed by atoms with E-state index in [-0.39, 0.29) is 11.8 Å². The zero-order valence-electron chi connectivity index (χ0n) is 11.5. The van der Waals surface area contributed by atoms with Crippen LogP contribution < -0.4 is 4.72 Å². The van der Waals surface area contributed by atoms with Crippen molar-refractivity contribution < 1.29 is 13.2 Å². The predicted molar refractivity (Wildman–Crippen MR) is 85.3 cm³/mol. The molecule has 1 unspecified atom stereocenters. The number of amides is 1. The number of hydrogen-bond donors (Lipinski definition) is 1. The van der Waals surface area contributed by atoms with Gasteiger partial charge < -0.3 is 4.90 Å². The normalized spacial score (nSPS) is 18.7. The Hall–Kier alpha value is -1.18. The minimum Gasteiger partial charge on any atom is -0.338 e.